The van der Waals surface area contributed by atoms with E-state index in [9.17, 15) is 0 Å². The third-order valence-corrected chi connectivity index (χ3v) is 3.50. The molecule has 2 nitrogen and oxygen atoms in total. The topological polar surface area (TPSA) is 16.1 Å². The Kier molecular flexibility index (Phi) is 1.48. The molecule has 0 bridgehead atoms. The summed E-state index contributed by atoms with van der Waals surface area (Å²) >= 11 is 0. The summed E-state index contributed by atoms with van der Waals surface area (Å²) in [6.45, 7) is 7.04. The van der Waals surface area contributed by atoms with E-state index >= 15 is 0 Å². The maximum Gasteiger partial charge on any atom is 0.0468 e. The molecule has 0 amide bonds. The molecule has 0 aromatic carbocycles. The molecule has 0 radical (unpaired) electrons. The van der Waals surface area contributed by atoms with Gasteiger partial charge in [-0.05, 0) is 18.4 Å². The lowest BCUT2D eigenvalue weighted by molar-refractivity contribution is 0.544. The molecule has 3 heterocycles. The van der Waals surface area contributed by atoms with Gasteiger partial charge in [-0.25, -0.2) is 0 Å². The molecular formula is C12H16N2. The molecule has 1 aromatic rings. The Balaban J connectivity index is 2.25. The summed E-state index contributed by atoms with van der Waals surface area (Å²) in [5.41, 5.74) is 4.70. The van der Waals surface area contributed by atoms with Gasteiger partial charge in [-0.15, -0.1) is 0 Å². The van der Waals surface area contributed by atoms with Crippen molar-refractivity contribution < 1.29 is 0 Å². The number of pyridine rings is 1. The Morgan fingerprint density at radius 1 is 1.36 bits per heavy atom. The van der Waals surface area contributed by atoms with Crippen molar-refractivity contribution in [2.45, 2.75) is 32.1 Å². The molecule has 1 aromatic heterocycles. The van der Waals surface area contributed by atoms with E-state index in [1.54, 1.807) is 0 Å². The van der Waals surface area contributed by atoms with Gasteiger partial charge in [-0.1, -0.05) is 13.8 Å². The SMILES string of the molecule is CC1(C)CN2CCCc3cncc1c32. The van der Waals surface area contributed by atoms with Gasteiger partial charge in [0, 0.05) is 42.1 Å². The van der Waals surface area contributed by atoms with Crippen molar-refractivity contribution >= 4 is 5.69 Å². The predicted molar refractivity (Wildman–Crippen MR) is 57.8 cm³/mol. The molecule has 14 heavy (non-hydrogen) atoms. The van der Waals surface area contributed by atoms with Crippen LogP contribution in [-0.4, -0.2) is 18.1 Å². The number of anilines is 1. The summed E-state index contributed by atoms with van der Waals surface area (Å²) in [5.74, 6) is 0. The second-order valence-electron chi connectivity index (χ2n) is 5.10. The Bertz CT molecular complexity index is 382. The number of aryl methyl sites for hydroxylation is 1. The van der Waals surface area contributed by atoms with Crippen LogP contribution in [0.15, 0.2) is 12.4 Å². The van der Waals surface area contributed by atoms with Gasteiger partial charge >= 0.3 is 0 Å². The number of rotatable bonds is 0. The fraction of sp³-hybridized carbons (Fsp3) is 0.583. The van der Waals surface area contributed by atoms with Crippen LogP contribution in [0.25, 0.3) is 0 Å². The standard InChI is InChI=1S/C12H16N2/c1-12(2)8-14-5-3-4-9-6-13-7-10(12)11(9)14/h6-7H,3-5,8H2,1-2H3. The minimum atomic E-state index is 0.294. The molecule has 0 aliphatic carbocycles. The fourth-order valence-corrected chi connectivity index (χ4v) is 2.84. The fourth-order valence-electron chi connectivity index (χ4n) is 2.84. The first-order valence-corrected chi connectivity index (χ1v) is 5.41. The van der Waals surface area contributed by atoms with E-state index < -0.39 is 0 Å². The largest absolute Gasteiger partial charge is 0.370 e. The van der Waals surface area contributed by atoms with E-state index in [2.05, 4.69) is 29.9 Å². The summed E-state index contributed by atoms with van der Waals surface area (Å²) < 4.78 is 0. The van der Waals surface area contributed by atoms with Crippen molar-refractivity contribution in [2.24, 2.45) is 0 Å². The van der Waals surface area contributed by atoms with Crippen LogP contribution in [0.1, 0.15) is 31.4 Å². The van der Waals surface area contributed by atoms with Crippen molar-refractivity contribution in [1.82, 2.24) is 4.98 Å². The molecule has 0 fully saturated rings. The normalized spacial score (nSPS) is 22.3. The van der Waals surface area contributed by atoms with Gasteiger partial charge in [-0.2, -0.15) is 0 Å². The van der Waals surface area contributed by atoms with Gasteiger partial charge in [0.1, 0.15) is 0 Å². The Hall–Kier alpha value is -1.05. The number of aromatic nitrogens is 1. The van der Waals surface area contributed by atoms with E-state index in [1.165, 1.54) is 42.7 Å². The molecule has 3 rings (SSSR count). The van der Waals surface area contributed by atoms with Crippen LogP contribution in [0.4, 0.5) is 5.69 Å². The van der Waals surface area contributed by atoms with Crippen molar-refractivity contribution in [3.05, 3.63) is 23.5 Å². The molecule has 2 aliphatic rings. The lowest BCUT2D eigenvalue weighted by Gasteiger charge is -2.27. The second-order valence-corrected chi connectivity index (χ2v) is 5.10. The van der Waals surface area contributed by atoms with Crippen LogP contribution < -0.4 is 4.90 Å². The van der Waals surface area contributed by atoms with Crippen LogP contribution in [0.5, 0.6) is 0 Å². The van der Waals surface area contributed by atoms with Crippen molar-refractivity contribution in [3.8, 4) is 0 Å². The monoisotopic (exact) mass is 188 g/mol. The minimum Gasteiger partial charge on any atom is -0.370 e. The summed E-state index contributed by atoms with van der Waals surface area (Å²) in [4.78, 5) is 6.90. The summed E-state index contributed by atoms with van der Waals surface area (Å²) in [7, 11) is 0. The molecule has 74 valence electrons. The maximum absolute atomic E-state index is 4.36. The molecule has 2 aliphatic heterocycles. The first kappa shape index (κ1) is 8.27. The molecule has 0 saturated heterocycles. The van der Waals surface area contributed by atoms with E-state index in [1.807, 2.05) is 6.20 Å². The molecular weight excluding hydrogens is 172 g/mol. The first-order chi connectivity index (χ1) is 6.68. The average Bonchev–Trinajstić information content (AvgIpc) is 2.41. The Morgan fingerprint density at radius 3 is 3.07 bits per heavy atom. The van der Waals surface area contributed by atoms with Crippen LogP contribution >= 0.6 is 0 Å². The molecule has 0 N–H and O–H groups in total. The van der Waals surface area contributed by atoms with Gasteiger partial charge in [0.25, 0.3) is 0 Å². The highest BCUT2D eigenvalue weighted by atomic mass is 15.2. The third-order valence-electron chi connectivity index (χ3n) is 3.50. The molecule has 0 unspecified atom stereocenters. The predicted octanol–water partition coefficient (Wildman–Crippen LogP) is 2.13. The second kappa shape index (κ2) is 2.50. The van der Waals surface area contributed by atoms with Crippen LogP contribution in [0.3, 0.4) is 0 Å². The minimum absolute atomic E-state index is 0.294. The molecule has 0 saturated carbocycles. The lowest BCUT2D eigenvalue weighted by Crippen LogP contribution is -2.31. The zero-order valence-corrected chi connectivity index (χ0v) is 8.88. The Morgan fingerprint density at radius 2 is 2.21 bits per heavy atom. The third kappa shape index (κ3) is 0.941. The smallest absolute Gasteiger partial charge is 0.0468 e. The zero-order chi connectivity index (χ0) is 9.76. The average molecular weight is 188 g/mol. The zero-order valence-electron chi connectivity index (χ0n) is 8.88. The summed E-state index contributed by atoms with van der Waals surface area (Å²) in [6.07, 6.45) is 6.60. The van der Waals surface area contributed by atoms with Crippen LogP contribution in [0.2, 0.25) is 0 Å². The van der Waals surface area contributed by atoms with Crippen LogP contribution in [-0.2, 0) is 11.8 Å². The number of hydrogen-bond donors (Lipinski definition) is 0. The number of nitrogens with zero attached hydrogens (tertiary/aromatic N) is 2. The summed E-state index contributed by atoms with van der Waals surface area (Å²) in [6, 6.07) is 0. The highest BCUT2D eigenvalue weighted by Gasteiger charge is 2.37. The first-order valence-electron chi connectivity index (χ1n) is 5.41. The quantitative estimate of drug-likeness (QED) is 0.620. The van der Waals surface area contributed by atoms with E-state index in [0.29, 0.717) is 5.41 Å². The van der Waals surface area contributed by atoms with Crippen molar-refractivity contribution in [3.63, 3.8) is 0 Å². The van der Waals surface area contributed by atoms with Gasteiger partial charge < -0.3 is 4.90 Å². The van der Waals surface area contributed by atoms with Crippen LogP contribution in [0, 0.1) is 0 Å². The lowest BCUT2D eigenvalue weighted by atomic mass is 9.87. The van der Waals surface area contributed by atoms with E-state index in [0.717, 1.165) is 0 Å². The maximum atomic E-state index is 4.36. The van der Waals surface area contributed by atoms with Crippen molar-refractivity contribution in [1.29, 1.82) is 0 Å². The highest BCUT2D eigenvalue weighted by molar-refractivity contribution is 5.66. The van der Waals surface area contributed by atoms with Gasteiger partial charge in [-0.3, -0.25) is 4.98 Å². The Labute approximate surface area is 85.0 Å². The van der Waals surface area contributed by atoms with Crippen molar-refractivity contribution in [2.75, 3.05) is 18.0 Å². The van der Waals surface area contributed by atoms with Gasteiger partial charge in [0.05, 0.1) is 0 Å². The summed E-state index contributed by atoms with van der Waals surface area (Å²) in [5, 5.41) is 0. The van der Waals surface area contributed by atoms with E-state index in [4.69, 9.17) is 0 Å². The molecule has 2 heteroatoms. The molecule has 0 spiro atoms. The van der Waals surface area contributed by atoms with E-state index in [-0.39, 0.29) is 0 Å². The number of hydrogen-bond acceptors (Lipinski definition) is 2. The molecule has 0 atom stereocenters. The van der Waals surface area contributed by atoms with Gasteiger partial charge in [0.2, 0.25) is 0 Å². The highest BCUT2D eigenvalue weighted by Crippen LogP contribution is 2.43. The van der Waals surface area contributed by atoms with Gasteiger partial charge in [0.15, 0.2) is 0 Å².